The second kappa shape index (κ2) is 5.53. The first-order chi connectivity index (χ1) is 7.04. The summed E-state index contributed by atoms with van der Waals surface area (Å²) in [4.78, 5) is 11.5. The van der Waals surface area contributed by atoms with Gasteiger partial charge in [-0.3, -0.25) is 4.79 Å². The fraction of sp³-hybridized carbons (Fsp3) is 0.375. The largest absolute Gasteiger partial charge is 0.511 e. The predicted octanol–water partition coefficient (Wildman–Crippen LogP) is 2.73. The highest BCUT2D eigenvalue weighted by Gasteiger charge is 2.13. The molecule has 7 heteroatoms. The van der Waals surface area contributed by atoms with Crippen LogP contribution in [0.15, 0.2) is 19.3 Å². The lowest BCUT2D eigenvalue weighted by molar-refractivity contribution is -0.113. The lowest BCUT2D eigenvalue weighted by atomic mass is 10.4. The Bertz CT molecular complexity index is 396. The van der Waals surface area contributed by atoms with E-state index in [1.165, 1.54) is 36.9 Å². The summed E-state index contributed by atoms with van der Waals surface area (Å²) >= 11 is 4.06. The number of nitrogens with zero attached hydrogens (tertiary/aromatic N) is 2. The van der Waals surface area contributed by atoms with Crippen molar-refractivity contribution in [3.05, 3.63) is 10.7 Å². The van der Waals surface area contributed by atoms with E-state index < -0.39 is 0 Å². The molecule has 0 amide bonds. The summed E-state index contributed by atoms with van der Waals surface area (Å²) in [6, 6.07) is 0. The Morgan fingerprint density at radius 1 is 1.33 bits per heavy atom. The lowest BCUT2D eigenvalue weighted by Gasteiger charge is -2.00. The molecule has 0 unspecified atom stereocenters. The molecular weight excluding hydrogens is 252 g/mol. The maximum Gasteiger partial charge on any atom is 0.180 e. The van der Waals surface area contributed by atoms with Crippen LogP contribution in [0.1, 0.15) is 13.8 Å². The molecule has 0 aromatic carbocycles. The van der Waals surface area contributed by atoms with E-state index in [1.54, 1.807) is 0 Å². The summed E-state index contributed by atoms with van der Waals surface area (Å²) in [6.07, 6.45) is 1.91. The van der Waals surface area contributed by atoms with Crippen molar-refractivity contribution in [3.63, 3.8) is 0 Å². The average molecular weight is 262 g/mol. The van der Waals surface area contributed by atoms with Gasteiger partial charge in [0.05, 0.1) is 4.91 Å². The molecule has 0 aliphatic rings. The highest BCUT2D eigenvalue weighted by molar-refractivity contribution is 8.06. The zero-order valence-electron chi connectivity index (χ0n) is 8.47. The van der Waals surface area contributed by atoms with E-state index in [4.69, 9.17) is 0 Å². The van der Waals surface area contributed by atoms with Crippen LogP contribution in [0, 0.1) is 0 Å². The first-order valence-corrected chi connectivity index (χ1v) is 6.86. The maximum atomic E-state index is 11.2. The Morgan fingerprint density at radius 3 is 2.33 bits per heavy atom. The summed E-state index contributed by atoms with van der Waals surface area (Å²) in [5, 5.41) is 17.1. The Labute approximate surface area is 100 Å². The van der Waals surface area contributed by atoms with Crippen molar-refractivity contribution >= 4 is 40.6 Å². The second-order valence-electron chi connectivity index (χ2n) is 2.61. The lowest BCUT2D eigenvalue weighted by Crippen LogP contribution is -1.95. The van der Waals surface area contributed by atoms with Gasteiger partial charge in [-0.2, -0.15) is 0 Å². The van der Waals surface area contributed by atoms with Crippen LogP contribution in [0.5, 0.6) is 0 Å². The summed E-state index contributed by atoms with van der Waals surface area (Å²) in [7, 11) is 0. The zero-order chi connectivity index (χ0) is 11.4. The quantitative estimate of drug-likeness (QED) is 0.511. The van der Waals surface area contributed by atoms with Crippen molar-refractivity contribution in [3.8, 4) is 0 Å². The van der Waals surface area contributed by atoms with Crippen LogP contribution in [0.25, 0.3) is 0 Å². The number of aliphatic hydroxyl groups is 1. The highest BCUT2D eigenvalue weighted by atomic mass is 32.2. The molecule has 0 spiro atoms. The molecule has 1 rings (SSSR count). The minimum absolute atomic E-state index is 0.0217. The fourth-order valence-corrected chi connectivity index (χ4v) is 3.17. The van der Waals surface area contributed by atoms with Gasteiger partial charge in [-0.1, -0.05) is 23.1 Å². The SMILES string of the molecule is CSc1nnc(SC(C(C)=O)=C(C)O)s1. The van der Waals surface area contributed by atoms with Crippen molar-refractivity contribution in [2.45, 2.75) is 22.5 Å². The number of aliphatic hydroxyl groups excluding tert-OH is 1. The summed E-state index contributed by atoms with van der Waals surface area (Å²) < 4.78 is 1.51. The van der Waals surface area contributed by atoms with Gasteiger partial charge in [-0.25, -0.2) is 0 Å². The summed E-state index contributed by atoms with van der Waals surface area (Å²) in [6.45, 7) is 2.90. The smallest absolute Gasteiger partial charge is 0.180 e. The molecule has 1 N–H and O–H groups in total. The van der Waals surface area contributed by atoms with E-state index in [0.29, 0.717) is 9.24 Å². The number of aromatic nitrogens is 2. The van der Waals surface area contributed by atoms with Crippen molar-refractivity contribution < 1.29 is 9.90 Å². The number of rotatable bonds is 4. The zero-order valence-corrected chi connectivity index (χ0v) is 10.9. The van der Waals surface area contributed by atoms with E-state index in [-0.39, 0.29) is 11.5 Å². The van der Waals surface area contributed by atoms with Crippen molar-refractivity contribution in [1.29, 1.82) is 0 Å². The number of carbonyl (C=O) groups excluding carboxylic acids is 1. The van der Waals surface area contributed by atoms with Crippen LogP contribution in [0.3, 0.4) is 0 Å². The molecule has 4 nitrogen and oxygen atoms in total. The number of ketones is 1. The standard InChI is InChI=1S/C8H10N2O2S3/c1-4(11)6(5(2)12)14-8-10-9-7(13-3)15-8/h11H,1-3H3. The first kappa shape index (κ1) is 12.5. The molecule has 0 saturated heterocycles. The van der Waals surface area contributed by atoms with Crippen molar-refractivity contribution in [1.82, 2.24) is 10.2 Å². The summed E-state index contributed by atoms with van der Waals surface area (Å²) in [5.41, 5.74) is 0. The van der Waals surface area contributed by atoms with Crippen molar-refractivity contribution in [2.24, 2.45) is 0 Å². The number of hydrogen-bond acceptors (Lipinski definition) is 7. The minimum Gasteiger partial charge on any atom is -0.511 e. The first-order valence-electron chi connectivity index (χ1n) is 4.00. The number of carbonyl (C=O) groups is 1. The molecule has 0 saturated carbocycles. The Hall–Kier alpha value is -0.530. The van der Waals surface area contributed by atoms with Crippen LogP contribution in [-0.2, 0) is 4.79 Å². The monoisotopic (exact) mass is 262 g/mol. The molecule has 15 heavy (non-hydrogen) atoms. The average Bonchev–Trinajstić information content (AvgIpc) is 2.60. The van der Waals surface area contributed by atoms with Gasteiger partial charge in [0.25, 0.3) is 0 Å². The van der Waals surface area contributed by atoms with E-state index in [2.05, 4.69) is 10.2 Å². The van der Waals surface area contributed by atoms with Crippen LogP contribution >= 0.6 is 34.9 Å². The van der Waals surface area contributed by atoms with Gasteiger partial charge in [0, 0.05) is 0 Å². The molecule has 1 aromatic rings. The second-order valence-corrected chi connectivity index (χ2v) is 5.90. The van der Waals surface area contributed by atoms with Gasteiger partial charge in [0.15, 0.2) is 14.5 Å². The molecule has 1 aromatic heterocycles. The number of Topliss-reactive ketones (excluding diaryl/α,β-unsaturated/α-hetero) is 1. The van der Waals surface area contributed by atoms with Gasteiger partial charge in [0.2, 0.25) is 0 Å². The number of hydrogen-bond donors (Lipinski definition) is 1. The van der Waals surface area contributed by atoms with E-state index in [1.807, 2.05) is 6.26 Å². The molecule has 0 fully saturated rings. The Morgan fingerprint density at radius 2 is 1.93 bits per heavy atom. The van der Waals surface area contributed by atoms with Gasteiger partial charge in [0.1, 0.15) is 5.76 Å². The van der Waals surface area contributed by atoms with E-state index in [9.17, 15) is 9.90 Å². The topological polar surface area (TPSA) is 63.1 Å². The third-order valence-corrected chi connectivity index (χ3v) is 4.64. The molecular formula is C8H10N2O2S3. The van der Waals surface area contributed by atoms with Crippen LogP contribution < -0.4 is 0 Å². The van der Waals surface area contributed by atoms with Crippen LogP contribution in [0.4, 0.5) is 0 Å². The third-order valence-electron chi connectivity index (χ3n) is 1.40. The predicted molar refractivity (Wildman–Crippen MR) is 63.6 cm³/mol. The van der Waals surface area contributed by atoms with Crippen LogP contribution in [0.2, 0.25) is 0 Å². The third kappa shape index (κ3) is 3.51. The highest BCUT2D eigenvalue weighted by Crippen LogP contribution is 2.33. The normalized spacial score (nSPS) is 12.5. The van der Waals surface area contributed by atoms with Gasteiger partial charge in [-0.05, 0) is 31.9 Å². The molecule has 0 atom stereocenters. The van der Waals surface area contributed by atoms with Gasteiger partial charge in [-0.15, -0.1) is 10.2 Å². The Kier molecular flexibility index (Phi) is 4.62. The van der Waals surface area contributed by atoms with E-state index in [0.717, 1.165) is 16.1 Å². The Balaban J connectivity index is 2.84. The number of allylic oxidation sites excluding steroid dienone is 2. The minimum atomic E-state index is -0.166. The molecule has 0 bridgehead atoms. The molecule has 0 aliphatic heterocycles. The summed E-state index contributed by atoms with van der Waals surface area (Å²) in [5.74, 6) is -0.144. The van der Waals surface area contributed by atoms with Crippen LogP contribution in [-0.4, -0.2) is 27.3 Å². The van der Waals surface area contributed by atoms with Gasteiger partial charge < -0.3 is 5.11 Å². The molecule has 0 radical (unpaired) electrons. The maximum absolute atomic E-state index is 11.2. The van der Waals surface area contributed by atoms with Gasteiger partial charge >= 0.3 is 0 Å². The molecule has 1 heterocycles. The number of thioether (sulfide) groups is 2. The van der Waals surface area contributed by atoms with E-state index >= 15 is 0 Å². The molecule has 0 aliphatic carbocycles. The molecule has 82 valence electrons. The van der Waals surface area contributed by atoms with Crippen molar-refractivity contribution in [2.75, 3.05) is 6.26 Å². The fourth-order valence-electron chi connectivity index (χ4n) is 0.809.